The molecule has 0 bridgehead atoms. The molecule has 3 rings (SSSR count). The van der Waals surface area contributed by atoms with Crippen LogP contribution in [0.3, 0.4) is 0 Å². The van der Waals surface area contributed by atoms with E-state index in [9.17, 15) is 4.79 Å². The Bertz CT molecular complexity index is 674. The molecule has 4 nitrogen and oxygen atoms in total. The van der Waals surface area contributed by atoms with Crippen molar-refractivity contribution in [2.75, 3.05) is 16.4 Å². The van der Waals surface area contributed by atoms with Gasteiger partial charge in [0, 0.05) is 11.7 Å². The van der Waals surface area contributed by atoms with Gasteiger partial charge in [-0.1, -0.05) is 60.0 Å². The maximum Gasteiger partial charge on any atom is 0.237 e. The Labute approximate surface area is 142 Å². The Balaban J connectivity index is 1.64. The van der Waals surface area contributed by atoms with Crippen LogP contribution in [0.4, 0.5) is 5.69 Å². The summed E-state index contributed by atoms with van der Waals surface area (Å²) in [6.45, 7) is 4.19. The highest BCUT2D eigenvalue weighted by Gasteiger charge is 2.30. The number of hydrogen-bond donors (Lipinski definition) is 0. The third-order valence-corrected chi connectivity index (χ3v) is 6.51. The maximum absolute atomic E-state index is 12.6. The number of para-hydroxylation sites is 1. The van der Waals surface area contributed by atoms with Gasteiger partial charge in [-0.05, 0) is 30.7 Å². The quantitative estimate of drug-likeness (QED) is 0.768. The van der Waals surface area contributed by atoms with Gasteiger partial charge >= 0.3 is 0 Å². The molecular formula is C15H17N3OS3. The highest BCUT2D eigenvalue weighted by atomic mass is 32.2. The molecule has 0 unspecified atom stereocenters. The van der Waals surface area contributed by atoms with Gasteiger partial charge in [-0.3, -0.25) is 4.79 Å². The predicted octanol–water partition coefficient (Wildman–Crippen LogP) is 3.72. The first-order chi connectivity index (χ1) is 10.7. The largest absolute Gasteiger partial charge is 0.308 e. The molecule has 1 aliphatic heterocycles. The lowest BCUT2D eigenvalue weighted by Crippen LogP contribution is -2.36. The van der Waals surface area contributed by atoms with Crippen LogP contribution in [-0.4, -0.2) is 33.7 Å². The molecule has 1 atom stereocenters. The summed E-state index contributed by atoms with van der Waals surface area (Å²) in [7, 11) is 0. The van der Waals surface area contributed by atoms with Crippen LogP contribution in [0.5, 0.6) is 0 Å². The van der Waals surface area contributed by atoms with Crippen LogP contribution < -0.4 is 4.90 Å². The van der Waals surface area contributed by atoms with E-state index in [2.05, 4.69) is 30.1 Å². The highest BCUT2D eigenvalue weighted by Crippen LogP contribution is 2.33. The lowest BCUT2D eigenvalue weighted by atomic mass is 10.1. The molecule has 0 aliphatic carbocycles. The molecule has 1 aromatic carbocycles. The van der Waals surface area contributed by atoms with Crippen LogP contribution in [0.1, 0.15) is 19.4 Å². The molecular weight excluding hydrogens is 334 g/mol. The maximum atomic E-state index is 12.6. The Hall–Kier alpha value is -1.05. The molecule has 0 spiro atoms. The van der Waals surface area contributed by atoms with Gasteiger partial charge in [0.05, 0.1) is 5.75 Å². The highest BCUT2D eigenvalue weighted by molar-refractivity contribution is 8.03. The number of benzene rings is 1. The van der Waals surface area contributed by atoms with Crippen molar-refractivity contribution in [1.29, 1.82) is 0 Å². The van der Waals surface area contributed by atoms with Crippen LogP contribution in [0, 0.1) is 0 Å². The van der Waals surface area contributed by atoms with E-state index in [1.807, 2.05) is 23.1 Å². The van der Waals surface area contributed by atoms with Crippen LogP contribution in [-0.2, 0) is 11.2 Å². The average Bonchev–Trinajstić information content (AvgIpc) is 3.08. The van der Waals surface area contributed by atoms with Crippen molar-refractivity contribution in [2.45, 2.75) is 35.0 Å². The van der Waals surface area contributed by atoms with E-state index in [1.165, 1.54) is 17.3 Å². The summed E-state index contributed by atoms with van der Waals surface area (Å²) in [5.41, 5.74) is 2.31. The van der Waals surface area contributed by atoms with E-state index >= 15 is 0 Å². The first-order valence-corrected chi connectivity index (χ1v) is 9.97. The van der Waals surface area contributed by atoms with E-state index in [-0.39, 0.29) is 11.9 Å². The average molecular weight is 352 g/mol. The second-order valence-electron chi connectivity index (χ2n) is 5.00. The van der Waals surface area contributed by atoms with Gasteiger partial charge in [-0.25, -0.2) is 0 Å². The third-order valence-electron chi connectivity index (χ3n) is 3.45. The number of hydrogen-bond acceptors (Lipinski definition) is 6. The summed E-state index contributed by atoms with van der Waals surface area (Å²) in [5, 5.41) is 8.25. The molecule has 1 aromatic heterocycles. The fourth-order valence-electron chi connectivity index (χ4n) is 2.58. The van der Waals surface area contributed by atoms with Gasteiger partial charge in [-0.2, -0.15) is 0 Å². The van der Waals surface area contributed by atoms with Gasteiger partial charge in [0.15, 0.2) is 8.68 Å². The molecule has 116 valence electrons. The predicted molar refractivity (Wildman–Crippen MR) is 94.1 cm³/mol. The molecule has 2 aromatic rings. The number of thioether (sulfide) groups is 2. The molecule has 1 amide bonds. The van der Waals surface area contributed by atoms with Crippen molar-refractivity contribution in [2.24, 2.45) is 0 Å². The first-order valence-electron chi connectivity index (χ1n) is 7.18. The van der Waals surface area contributed by atoms with Crippen LogP contribution in [0.25, 0.3) is 0 Å². The number of rotatable bonds is 5. The molecule has 22 heavy (non-hydrogen) atoms. The minimum Gasteiger partial charge on any atom is -0.308 e. The number of aromatic nitrogens is 2. The summed E-state index contributed by atoms with van der Waals surface area (Å²) in [4.78, 5) is 14.5. The summed E-state index contributed by atoms with van der Waals surface area (Å²) in [6, 6.07) is 8.38. The molecule has 1 aliphatic rings. The summed E-state index contributed by atoms with van der Waals surface area (Å²) in [6.07, 6.45) is 0.933. The van der Waals surface area contributed by atoms with Crippen LogP contribution in [0.2, 0.25) is 0 Å². The van der Waals surface area contributed by atoms with Gasteiger partial charge in [0.2, 0.25) is 5.91 Å². The Morgan fingerprint density at radius 2 is 2.05 bits per heavy atom. The number of amides is 1. The fourth-order valence-corrected chi connectivity index (χ4v) is 5.35. The second-order valence-corrected chi connectivity index (χ2v) is 8.71. The molecule has 0 saturated heterocycles. The molecule has 0 N–H and O–H groups in total. The first kappa shape index (κ1) is 15.8. The number of carbonyl (C=O) groups is 1. The summed E-state index contributed by atoms with van der Waals surface area (Å²) in [5.74, 6) is 1.53. The number of nitrogens with zero attached hydrogens (tertiary/aromatic N) is 3. The minimum absolute atomic E-state index is 0.141. The van der Waals surface area contributed by atoms with Gasteiger partial charge in [0.25, 0.3) is 0 Å². The Kier molecular flexibility index (Phi) is 5.05. The lowest BCUT2D eigenvalue weighted by molar-refractivity contribution is -0.116. The van der Waals surface area contributed by atoms with E-state index in [4.69, 9.17) is 0 Å². The van der Waals surface area contributed by atoms with E-state index in [0.717, 1.165) is 26.5 Å². The van der Waals surface area contributed by atoms with Crippen molar-refractivity contribution in [3.63, 3.8) is 0 Å². The van der Waals surface area contributed by atoms with Gasteiger partial charge < -0.3 is 4.90 Å². The van der Waals surface area contributed by atoms with Crippen molar-refractivity contribution < 1.29 is 4.79 Å². The molecule has 7 heteroatoms. The SMILES string of the molecule is CCSc1nnc(SCC(=O)N2c3ccccc3C[C@@H]2C)s1. The van der Waals surface area contributed by atoms with Crippen molar-refractivity contribution in [3.05, 3.63) is 29.8 Å². The topological polar surface area (TPSA) is 46.1 Å². The van der Waals surface area contributed by atoms with Gasteiger partial charge in [-0.15, -0.1) is 10.2 Å². The summed E-state index contributed by atoms with van der Waals surface area (Å²) < 4.78 is 1.83. The Morgan fingerprint density at radius 3 is 2.82 bits per heavy atom. The van der Waals surface area contributed by atoms with Crippen LogP contribution >= 0.6 is 34.9 Å². The number of anilines is 1. The van der Waals surface area contributed by atoms with Crippen molar-refractivity contribution >= 4 is 46.5 Å². The van der Waals surface area contributed by atoms with E-state index in [0.29, 0.717) is 5.75 Å². The van der Waals surface area contributed by atoms with Crippen LogP contribution in [0.15, 0.2) is 32.9 Å². The zero-order valence-electron chi connectivity index (χ0n) is 12.5. The normalized spacial score (nSPS) is 16.8. The smallest absolute Gasteiger partial charge is 0.237 e. The molecule has 0 saturated carbocycles. The standard InChI is InChI=1S/C15H17N3OS3/c1-3-20-14-16-17-15(22-14)21-9-13(19)18-10(2)8-11-6-4-5-7-12(11)18/h4-7,10H,3,8-9H2,1-2H3/t10-/m0/s1. The van der Waals surface area contributed by atoms with E-state index in [1.54, 1.807) is 23.1 Å². The number of fused-ring (bicyclic) bond motifs is 1. The zero-order chi connectivity index (χ0) is 15.5. The molecule has 0 radical (unpaired) electrons. The second kappa shape index (κ2) is 7.02. The van der Waals surface area contributed by atoms with Crippen molar-refractivity contribution in [3.8, 4) is 0 Å². The summed E-state index contributed by atoms with van der Waals surface area (Å²) >= 11 is 4.72. The lowest BCUT2D eigenvalue weighted by Gasteiger charge is -2.22. The van der Waals surface area contributed by atoms with Gasteiger partial charge in [0.1, 0.15) is 0 Å². The third kappa shape index (κ3) is 3.31. The minimum atomic E-state index is 0.141. The zero-order valence-corrected chi connectivity index (χ0v) is 14.9. The molecule has 2 heterocycles. The monoisotopic (exact) mass is 351 g/mol. The Morgan fingerprint density at radius 1 is 1.32 bits per heavy atom. The van der Waals surface area contributed by atoms with E-state index < -0.39 is 0 Å². The van der Waals surface area contributed by atoms with Crippen molar-refractivity contribution in [1.82, 2.24) is 10.2 Å². The number of carbonyl (C=O) groups excluding carboxylic acids is 1. The fraction of sp³-hybridized carbons (Fsp3) is 0.400. The molecule has 0 fully saturated rings.